The summed E-state index contributed by atoms with van der Waals surface area (Å²) in [5.41, 5.74) is 1.34. The topological polar surface area (TPSA) is 41.6 Å². The molecular formula is C15H24N2O2S. The molecule has 0 bridgehead atoms. The van der Waals surface area contributed by atoms with E-state index in [0.29, 0.717) is 13.2 Å². The van der Waals surface area contributed by atoms with Crippen LogP contribution in [0.15, 0.2) is 11.4 Å². The Bertz CT molecular complexity index is 433. The number of fused-ring (bicyclic) bond motifs is 1. The maximum atomic E-state index is 12.3. The van der Waals surface area contributed by atoms with Gasteiger partial charge in [0.2, 0.25) is 0 Å². The molecule has 1 atom stereocenters. The molecule has 5 heteroatoms. The third-order valence-corrected chi connectivity index (χ3v) is 4.68. The molecule has 0 fully saturated rings. The molecular weight excluding hydrogens is 272 g/mol. The Hall–Kier alpha value is -1.07. The van der Waals surface area contributed by atoms with Crippen molar-refractivity contribution in [1.82, 2.24) is 10.2 Å². The van der Waals surface area contributed by atoms with Crippen LogP contribution in [0.2, 0.25) is 0 Å². The standard InChI is InChI=1S/C15H24N2O2S/c1-3-13-12-7-11-20-14(12)6-9-17(13)15(18)16-8-5-10-19-4-2/h7,11,13H,3-6,8-10H2,1-2H3,(H,16,18). The van der Waals surface area contributed by atoms with Crippen molar-refractivity contribution in [2.75, 3.05) is 26.3 Å². The highest BCUT2D eigenvalue weighted by molar-refractivity contribution is 7.10. The van der Waals surface area contributed by atoms with Crippen molar-refractivity contribution in [2.24, 2.45) is 0 Å². The highest BCUT2D eigenvalue weighted by Gasteiger charge is 2.29. The third-order valence-electron chi connectivity index (χ3n) is 3.69. The molecule has 2 amide bonds. The zero-order valence-corrected chi connectivity index (χ0v) is 13.2. The van der Waals surface area contributed by atoms with Crippen molar-refractivity contribution in [3.8, 4) is 0 Å². The van der Waals surface area contributed by atoms with Gasteiger partial charge in [-0.05, 0) is 43.2 Å². The first-order valence-corrected chi connectivity index (χ1v) is 8.34. The lowest BCUT2D eigenvalue weighted by atomic mass is 9.98. The first-order valence-electron chi connectivity index (χ1n) is 7.46. The fourth-order valence-electron chi connectivity index (χ4n) is 2.70. The molecule has 0 aliphatic carbocycles. The summed E-state index contributed by atoms with van der Waals surface area (Å²) in [7, 11) is 0. The van der Waals surface area contributed by atoms with Crippen LogP contribution in [0.1, 0.15) is 43.2 Å². The SMILES string of the molecule is CCOCCCNC(=O)N1CCc2sccc2C1CC. The fourth-order valence-corrected chi connectivity index (χ4v) is 3.62. The number of hydrogen-bond acceptors (Lipinski definition) is 3. The van der Waals surface area contributed by atoms with E-state index in [1.54, 1.807) is 0 Å². The third kappa shape index (κ3) is 3.52. The molecule has 1 unspecified atom stereocenters. The van der Waals surface area contributed by atoms with Crippen LogP contribution in [0.4, 0.5) is 4.79 Å². The molecule has 0 radical (unpaired) electrons. The minimum atomic E-state index is 0.0604. The van der Waals surface area contributed by atoms with Gasteiger partial charge in [0.15, 0.2) is 0 Å². The van der Waals surface area contributed by atoms with Gasteiger partial charge in [-0.15, -0.1) is 11.3 Å². The van der Waals surface area contributed by atoms with E-state index >= 15 is 0 Å². The highest BCUT2D eigenvalue weighted by atomic mass is 32.1. The normalized spacial score (nSPS) is 17.9. The van der Waals surface area contributed by atoms with E-state index in [4.69, 9.17) is 4.74 Å². The summed E-state index contributed by atoms with van der Waals surface area (Å²) in [5, 5.41) is 5.14. The maximum absolute atomic E-state index is 12.3. The molecule has 2 heterocycles. The van der Waals surface area contributed by atoms with Gasteiger partial charge in [-0.2, -0.15) is 0 Å². The van der Waals surface area contributed by atoms with E-state index in [0.717, 1.165) is 32.4 Å². The van der Waals surface area contributed by atoms with Crippen LogP contribution in [0, 0.1) is 0 Å². The van der Waals surface area contributed by atoms with Crippen molar-refractivity contribution < 1.29 is 9.53 Å². The predicted octanol–water partition coefficient (Wildman–Crippen LogP) is 3.19. The number of urea groups is 1. The van der Waals surface area contributed by atoms with Crippen molar-refractivity contribution in [1.29, 1.82) is 0 Å². The Morgan fingerprint density at radius 2 is 2.40 bits per heavy atom. The van der Waals surface area contributed by atoms with E-state index in [-0.39, 0.29) is 12.1 Å². The van der Waals surface area contributed by atoms with Crippen LogP contribution in [-0.4, -0.2) is 37.2 Å². The number of amides is 2. The first-order chi connectivity index (χ1) is 9.77. The van der Waals surface area contributed by atoms with Crippen LogP contribution < -0.4 is 5.32 Å². The smallest absolute Gasteiger partial charge is 0.317 e. The largest absolute Gasteiger partial charge is 0.382 e. The van der Waals surface area contributed by atoms with E-state index in [1.165, 1.54) is 10.4 Å². The average molecular weight is 296 g/mol. The van der Waals surface area contributed by atoms with Crippen LogP contribution >= 0.6 is 11.3 Å². The minimum Gasteiger partial charge on any atom is -0.382 e. The molecule has 1 aliphatic rings. The van der Waals surface area contributed by atoms with Gasteiger partial charge >= 0.3 is 6.03 Å². The van der Waals surface area contributed by atoms with Gasteiger partial charge in [0.1, 0.15) is 0 Å². The van der Waals surface area contributed by atoms with Crippen LogP contribution in [0.25, 0.3) is 0 Å². The average Bonchev–Trinajstić information content (AvgIpc) is 2.94. The Morgan fingerprint density at radius 3 is 3.15 bits per heavy atom. The molecule has 112 valence electrons. The fraction of sp³-hybridized carbons (Fsp3) is 0.667. The molecule has 1 aromatic rings. The van der Waals surface area contributed by atoms with Crippen molar-refractivity contribution in [3.05, 3.63) is 21.9 Å². The summed E-state index contributed by atoms with van der Waals surface area (Å²) in [6.07, 6.45) is 2.82. The number of carbonyl (C=O) groups excluding carboxylic acids is 1. The lowest BCUT2D eigenvalue weighted by Crippen LogP contribution is -2.45. The molecule has 1 aromatic heterocycles. The van der Waals surface area contributed by atoms with Crippen LogP contribution in [0.5, 0.6) is 0 Å². The molecule has 4 nitrogen and oxygen atoms in total. The predicted molar refractivity (Wildman–Crippen MR) is 82.3 cm³/mol. The molecule has 0 saturated carbocycles. The van der Waals surface area contributed by atoms with Gasteiger partial charge in [-0.3, -0.25) is 0 Å². The highest BCUT2D eigenvalue weighted by Crippen LogP contribution is 2.34. The summed E-state index contributed by atoms with van der Waals surface area (Å²) in [5.74, 6) is 0. The summed E-state index contributed by atoms with van der Waals surface area (Å²) < 4.78 is 5.28. The van der Waals surface area contributed by atoms with Crippen molar-refractivity contribution in [2.45, 2.75) is 39.2 Å². The monoisotopic (exact) mass is 296 g/mol. The molecule has 20 heavy (non-hydrogen) atoms. The number of nitrogens with zero attached hydrogens (tertiary/aromatic N) is 1. The molecule has 1 N–H and O–H groups in total. The number of hydrogen-bond donors (Lipinski definition) is 1. The Kier molecular flexibility index (Phi) is 5.86. The Balaban J connectivity index is 1.87. The quantitative estimate of drug-likeness (QED) is 0.819. The molecule has 2 rings (SSSR count). The summed E-state index contributed by atoms with van der Waals surface area (Å²) in [4.78, 5) is 15.7. The second kappa shape index (κ2) is 7.64. The second-order valence-corrected chi connectivity index (χ2v) is 5.95. The number of nitrogens with one attached hydrogen (secondary N) is 1. The van der Waals surface area contributed by atoms with E-state index in [9.17, 15) is 4.79 Å². The van der Waals surface area contributed by atoms with Crippen molar-refractivity contribution >= 4 is 17.4 Å². The van der Waals surface area contributed by atoms with Crippen LogP contribution in [0.3, 0.4) is 0 Å². The van der Waals surface area contributed by atoms with Gasteiger partial charge in [0, 0.05) is 31.2 Å². The molecule has 0 saturated heterocycles. The lowest BCUT2D eigenvalue weighted by Gasteiger charge is -2.35. The maximum Gasteiger partial charge on any atom is 0.317 e. The Labute approximate surface area is 125 Å². The summed E-state index contributed by atoms with van der Waals surface area (Å²) >= 11 is 1.81. The zero-order chi connectivity index (χ0) is 14.4. The van der Waals surface area contributed by atoms with Crippen LogP contribution in [-0.2, 0) is 11.2 Å². The second-order valence-electron chi connectivity index (χ2n) is 4.95. The number of ether oxygens (including phenoxy) is 1. The van der Waals surface area contributed by atoms with Gasteiger partial charge in [0.05, 0.1) is 6.04 Å². The number of carbonyl (C=O) groups is 1. The lowest BCUT2D eigenvalue weighted by molar-refractivity contribution is 0.141. The van der Waals surface area contributed by atoms with Gasteiger partial charge in [-0.25, -0.2) is 4.79 Å². The van der Waals surface area contributed by atoms with Gasteiger partial charge in [0.25, 0.3) is 0 Å². The first kappa shape index (κ1) is 15.3. The Morgan fingerprint density at radius 1 is 1.55 bits per heavy atom. The zero-order valence-electron chi connectivity index (χ0n) is 12.4. The molecule has 0 spiro atoms. The summed E-state index contributed by atoms with van der Waals surface area (Å²) in [6.45, 7) is 7.08. The van der Waals surface area contributed by atoms with Gasteiger partial charge in [-0.1, -0.05) is 6.92 Å². The molecule has 0 aromatic carbocycles. The van der Waals surface area contributed by atoms with Crippen molar-refractivity contribution in [3.63, 3.8) is 0 Å². The molecule has 1 aliphatic heterocycles. The summed E-state index contributed by atoms with van der Waals surface area (Å²) in [6, 6.07) is 2.46. The van der Waals surface area contributed by atoms with E-state index in [1.807, 2.05) is 23.2 Å². The minimum absolute atomic E-state index is 0.0604. The number of rotatable bonds is 6. The van der Waals surface area contributed by atoms with E-state index in [2.05, 4.69) is 23.7 Å². The van der Waals surface area contributed by atoms with E-state index < -0.39 is 0 Å². The number of thiophene rings is 1. The van der Waals surface area contributed by atoms with Gasteiger partial charge < -0.3 is 15.0 Å².